The number of piperidine rings is 1. The van der Waals surface area contributed by atoms with Gasteiger partial charge in [-0.3, -0.25) is 19.7 Å². The van der Waals surface area contributed by atoms with Gasteiger partial charge in [-0.1, -0.05) is 23.4 Å². The summed E-state index contributed by atoms with van der Waals surface area (Å²) in [6.45, 7) is 1.86. The number of methoxy groups -OCH3 is 1. The van der Waals surface area contributed by atoms with Crippen LogP contribution in [0.1, 0.15) is 42.9 Å². The summed E-state index contributed by atoms with van der Waals surface area (Å²) < 4.78 is 5.32. The number of aromatic nitrogens is 2. The van der Waals surface area contributed by atoms with Crippen LogP contribution >= 0.6 is 11.6 Å². The molecule has 1 atom stereocenters. The Labute approximate surface area is 209 Å². The quantitative estimate of drug-likeness (QED) is 0.473. The maximum absolute atomic E-state index is 12.3. The highest BCUT2D eigenvalue weighted by molar-refractivity contribution is 6.32. The highest BCUT2D eigenvalue weighted by atomic mass is 35.5. The van der Waals surface area contributed by atoms with Gasteiger partial charge in [0.2, 0.25) is 0 Å². The summed E-state index contributed by atoms with van der Waals surface area (Å²) in [7, 11) is 1.57. The van der Waals surface area contributed by atoms with Crippen molar-refractivity contribution < 1.29 is 19.7 Å². The van der Waals surface area contributed by atoms with E-state index in [4.69, 9.17) is 16.3 Å². The van der Waals surface area contributed by atoms with Gasteiger partial charge in [-0.15, -0.1) is 0 Å². The maximum Gasteiger partial charge on any atom is 0.309 e. The number of pyridine rings is 2. The van der Waals surface area contributed by atoms with Crippen molar-refractivity contribution in [3.63, 3.8) is 0 Å². The Morgan fingerprint density at radius 3 is 2.77 bits per heavy atom. The molecule has 0 aliphatic carbocycles. The lowest BCUT2D eigenvalue weighted by Gasteiger charge is -2.38. The summed E-state index contributed by atoms with van der Waals surface area (Å²) in [5.41, 5.74) is 1.22. The molecule has 4 rings (SSSR count). The third kappa shape index (κ3) is 5.73. The predicted octanol–water partition coefficient (Wildman–Crippen LogP) is 4.32. The number of aliphatic hydroxyl groups is 1. The van der Waals surface area contributed by atoms with Gasteiger partial charge in [-0.25, -0.2) is 0 Å². The third-order valence-corrected chi connectivity index (χ3v) is 7.06. The molecule has 0 amide bonds. The van der Waals surface area contributed by atoms with Gasteiger partial charge in [0.15, 0.2) is 0 Å². The lowest BCUT2D eigenvalue weighted by Crippen LogP contribution is -2.44. The van der Waals surface area contributed by atoms with Crippen LogP contribution in [-0.2, 0) is 4.79 Å². The molecule has 1 saturated heterocycles. The number of carboxylic acids is 1. The van der Waals surface area contributed by atoms with Gasteiger partial charge in [-0.05, 0) is 56.0 Å². The van der Waals surface area contributed by atoms with E-state index in [1.54, 1.807) is 31.6 Å². The fraction of sp³-hybridized carbons (Fsp3) is 0.370. The van der Waals surface area contributed by atoms with E-state index in [1.807, 2.05) is 18.2 Å². The van der Waals surface area contributed by atoms with Crippen LogP contribution in [-0.4, -0.2) is 57.8 Å². The number of carboxylic acid groups (broad SMARTS) is 1. The molecular weight excluding hydrogens is 466 g/mol. The van der Waals surface area contributed by atoms with Crippen molar-refractivity contribution in [2.75, 3.05) is 26.7 Å². The van der Waals surface area contributed by atoms with Gasteiger partial charge in [0.25, 0.3) is 0 Å². The van der Waals surface area contributed by atoms with Crippen LogP contribution in [0.25, 0.3) is 10.9 Å². The first-order valence-corrected chi connectivity index (χ1v) is 11.9. The number of halogens is 1. The molecule has 1 fully saturated rings. The van der Waals surface area contributed by atoms with Crippen molar-refractivity contribution >= 4 is 28.5 Å². The number of nitrogens with zero attached hydrogens (tertiary/aromatic N) is 3. The van der Waals surface area contributed by atoms with Crippen LogP contribution in [0.3, 0.4) is 0 Å². The van der Waals surface area contributed by atoms with Gasteiger partial charge >= 0.3 is 5.97 Å². The Morgan fingerprint density at radius 1 is 1.29 bits per heavy atom. The molecule has 1 aromatic carbocycles. The van der Waals surface area contributed by atoms with Crippen molar-refractivity contribution in [2.45, 2.75) is 31.8 Å². The monoisotopic (exact) mass is 493 g/mol. The summed E-state index contributed by atoms with van der Waals surface area (Å²) >= 11 is 6.42. The van der Waals surface area contributed by atoms with Gasteiger partial charge in [0.1, 0.15) is 5.75 Å². The number of rotatable bonds is 7. The average molecular weight is 494 g/mol. The van der Waals surface area contributed by atoms with E-state index in [2.05, 4.69) is 26.7 Å². The molecule has 2 aromatic heterocycles. The largest absolute Gasteiger partial charge is 0.497 e. The van der Waals surface area contributed by atoms with Crippen molar-refractivity contribution in [1.29, 1.82) is 0 Å². The van der Waals surface area contributed by atoms with E-state index in [0.29, 0.717) is 66.1 Å². The number of likely N-dealkylation sites (tertiary alicyclic amines) is 1. The number of benzene rings is 1. The van der Waals surface area contributed by atoms with Crippen LogP contribution in [0, 0.1) is 17.3 Å². The summed E-state index contributed by atoms with van der Waals surface area (Å²) in [6.07, 6.45) is 5.67. The summed E-state index contributed by atoms with van der Waals surface area (Å²) in [5, 5.41) is 22.2. The van der Waals surface area contributed by atoms with Crippen molar-refractivity contribution in [3.05, 3.63) is 65.1 Å². The van der Waals surface area contributed by atoms with E-state index < -0.39 is 17.5 Å². The first kappa shape index (κ1) is 24.9. The smallest absolute Gasteiger partial charge is 0.309 e. The molecule has 0 bridgehead atoms. The zero-order chi connectivity index (χ0) is 24.8. The van der Waals surface area contributed by atoms with Gasteiger partial charge in [-0.2, -0.15) is 0 Å². The minimum Gasteiger partial charge on any atom is -0.497 e. The molecule has 182 valence electrons. The lowest BCUT2D eigenvalue weighted by molar-refractivity contribution is -0.153. The lowest BCUT2D eigenvalue weighted by atomic mass is 9.74. The fourth-order valence-electron chi connectivity index (χ4n) is 4.59. The Morgan fingerprint density at radius 2 is 2.09 bits per heavy atom. The Balaban J connectivity index is 1.42. The molecule has 0 radical (unpaired) electrons. The van der Waals surface area contributed by atoms with Crippen LogP contribution in [0.2, 0.25) is 5.02 Å². The second kappa shape index (κ2) is 11.0. The second-order valence-electron chi connectivity index (χ2n) is 8.86. The zero-order valence-corrected chi connectivity index (χ0v) is 20.3. The van der Waals surface area contributed by atoms with Crippen LogP contribution in [0.4, 0.5) is 0 Å². The number of aliphatic hydroxyl groups excluding tert-OH is 1. The number of hydrogen-bond acceptors (Lipinski definition) is 6. The Hall–Kier alpha value is -3.18. The summed E-state index contributed by atoms with van der Waals surface area (Å²) in [4.78, 5) is 22.9. The third-order valence-electron chi connectivity index (χ3n) is 6.76. The minimum absolute atomic E-state index is 0.281. The number of aliphatic carboxylic acids is 1. The highest BCUT2D eigenvalue weighted by Crippen LogP contribution is 2.41. The topological polar surface area (TPSA) is 95.8 Å². The van der Waals surface area contributed by atoms with E-state index in [0.717, 1.165) is 5.56 Å². The zero-order valence-electron chi connectivity index (χ0n) is 19.6. The summed E-state index contributed by atoms with van der Waals surface area (Å²) in [6, 6.07) is 9.16. The first-order chi connectivity index (χ1) is 16.9. The Bertz CT molecular complexity index is 1250. The molecule has 2 N–H and O–H groups in total. The molecule has 0 saturated carbocycles. The highest BCUT2D eigenvalue weighted by Gasteiger charge is 2.41. The summed E-state index contributed by atoms with van der Waals surface area (Å²) in [5.74, 6) is 6.06. The minimum atomic E-state index is -0.917. The van der Waals surface area contributed by atoms with Crippen LogP contribution in [0.15, 0.2) is 48.9 Å². The molecule has 0 spiro atoms. The number of ether oxygens (including phenoxy) is 1. The molecule has 35 heavy (non-hydrogen) atoms. The van der Waals surface area contributed by atoms with Crippen LogP contribution < -0.4 is 4.74 Å². The SMILES string of the molecule is COc1ccc2ncc(Cl)c([C@@H](O)CCC3(C(=O)O)CCN(CC#Cc4cccnc4)CC3)c2c1. The molecule has 7 nitrogen and oxygen atoms in total. The average Bonchev–Trinajstić information content (AvgIpc) is 2.88. The van der Waals surface area contributed by atoms with E-state index >= 15 is 0 Å². The normalized spacial score (nSPS) is 16.3. The van der Waals surface area contributed by atoms with Crippen molar-refractivity contribution in [2.24, 2.45) is 5.41 Å². The molecule has 3 aromatic rings. The number of carbonyl (C=O) groups is 1. The van der Waals surface area contributed by atoms with E-state index in [9.17, 15) is 15.0 Å². The van der Waals surface area contributed by atoms with Gasteiger partial charge < -0.3 is 14.9 Å². The fourth-order valence-corrected chi connectivity index (χ4v) is 4.87. The molecule has 1 aliphatic rings. The van der Waals surface area contributed by atoms with Crippen molar-refractivity contribution in [3.8, 4) is 17.6 Å². The van der Waals surface area contributed by atoms with Crippen molar-refractivity contribution in [1.82, 2.24) is 14.9 Å². The molecule has 3 heterocycles. The number of fused-ring (bicyclic) bond motifs is 1. The molecular formula is C27H28ClN3O4. The second-order valence-corrected chi connectivity index (χ2v) is 9.27. The Kier molecular flexibility index (Phi) is 7.86. The standard InChI is InChI=1S/C27H28ClN3O4/c1-35-20-6-7-23-21(16-20)25(22(28)18-30-23)24(32)8-9-27(26(33)34)10-14-31(15-11-27)13-3-5-19-4-2-12-29-17-19/h2,4,6-7,12,16-18,24,32H,8-11,13-15H2,1H3,(H,33,34)/t24-/m0/s1. The predicted molar refractivity (Wildman–Crippen MR) is 134 cm³/mol. The molecule has 1 aliphatic heterocycles. The molecule has 0 unspecified atom stereocenters. The van der Waals surface area contributed by atoms with Gasteiger partial charge in [0.05, 0.1) is 35.7 Å². The van der Waals surface area contributed by atoms with Gasteiger partial charge in [0, 0.05) is 48.2 Å². The maximum atomic E-state index is 12.3. The van der Waals surface area contributed by atoms with E-state index in [-0.39, 0.29) is 6.42 Å². The van der Waals surface area contributed by atoms with E-state index in [1.165, 1.54) is 6.20 Å². The first-order valence-electron chi connectivity index (χ1n) is 11.6. The van der Waals surface area contributed by atoms with Crippen LogP contribution in [0.5, 0.6) is 5.75 Å². The number of hydrogen-bond donors (Lipinski definition) is 2. The molecule has 8 heteroatoms.